The van der Waals surface area contributed by atoms with E-state index >= 15 is 0 Å². The third kappa shape index (κ3) is 2.49. The average molecular weight is 274 g/mol. The maximum atomic E-state index is 13.2. The van der Waals surface area contributed by atoms with Gasteiger partial charge in [0, 0.05) is 10.9 Å². The molecule has 0 radical (unpaired) electrons. The van der Waals surface area contributed by atoms with Gasteiger partial charge in [-0.3, -0.25) is 0 Å². The molecule has 5 heteroatoms. The quantitative estimate of drug-likeness (QED) is 0.882. The minimum atomic E-state index is -0.958. The Morgan fingerprint density at radius 2 is 1.76 bits per heavy atom. The number of nitrogens with two attached hydrogens (primary N) is 1. The Labute approximate surface area is 107 Å². The van der Waals surface area contributed by atoms with E-state index in [1.807, 2.05) is 0 Å². The molecule has 1 aromatic heterocycles. The number of rotatable bonds is 2. The third-order valence-corrected chi connectivity index (χ3v) is 4.02. The van der Waals surface area contributed by atoms with Gasteiger partial charge in [0.2, 0.25) is 0 Å². The number of hydrogen-bond donors (Lipinski definition) is 1. The molecule has 1 unspecified atom stereocenters. The molecule has 1 aromatic carbocycles. The van der Waals surface area contributed by atoms with Crippen molar-refractivity contribution in [1.82, 2.24) is 0 Å². The Balaban J connectivity index is 2.50. The lowest BCUT2D eigenvalue weighted by molar-refractivity contribution is 0.555. The van der Waals surface area contributed by atoms with Crippen LogP contribution in [-0.4, -0.2) is 0 Å². The molecule has 2 rings (SSSR count). The van der Waals surface area contributed by atoms with Gasteiger partial charge < -0.3 is 5.73 Å². The van der Waals surface area contributed by atoms with Crippen molar-refractivity contribution in [2.45, 2.75) is 12.5 Å². The molecule has 90 valence electrons. The monoisotopic (exact) mass is 273 g/mol. The molecular formula is C12H10ClF2NS. The van der Waals surface area contributed by atoms with Crippen molar-refractivity contribution >= 4 is 22.9 Å². The fraction of sp³-hybridized carbons (Fsp3) is 0.167. The first-order valence-electron chi connectivity index (χ1n) is 4.91. The van der Waals surface area contributed by atoms with Gasteiger partial charge in [-0.25, -0.2) is 8.78 Å². The van der Waals surface area contributed by atoms with Gasteiger partial charge in [-0.1, -0.05) is 11.6 Å². The topological polar surface area (TPSA) is 26.0 Å². The number of halogens is 3. The van der Waals surface area contributed by atoms with Crippen LogP contribution in [-0.2, 0) is 5.54 Å². The first-order valence-corrected chi connectivity index (χ1v) is 6.10. The predicted octanol–water partition coefficient (Wildman–Crippen LogP) is 3.90. The van der Waals surface area contributed by atoms with Crippen LogP contribution in [0.3, 0.4) is 0 Å². The largest absolute Gasteiger partial charge is 0.317 e. The lowest BCUT2D eigenvalue weighted by Gasteiger charge is -2.24. The molecule has 1 atom stereocenters. The molecule has 0 spiro atoms. The normalized spacial score (nSPS) is 14.6. The summed E-state index contributed by atoms with van der Waals surface area (Å²) in [6.07, 6.45) is 0. The molecule has 0 aliphatic heterocycles. The molecular weight excluding hydrogens is 264 g/mol. The standard InChI is InChI=1S/C12H10ClF2NS/c1-12(16,10-2-3-11(13)17-10)7-4-8(14)6-9(15)5-7/h2-6H,16H2,1H3. The SMILES string of the molecule is CC(N)(c1cc(F)cc(F)c1)c1ccc(Cl)s1. The zero-order valence-corrected chi connectivity index (χ0v) is 10.6. The second kappa shape index (κ2) is 4.37. The van der Waals surface area contributed by atoms with Crippen molar-refractivity contribution in [2.24, 2.45) is 5.73 Å². The van der Waals surface area contributed by atoms with Gasteiger partial charge in [-0.05, 0) is 36.8 Å². The van der Waals surface area contributed by atoms with Crippen molar-refractivity contribution in [1.29, 1.82) is 0 Å². The van der Waals surface area contributed by atoms with E-state index in [1.54, 1.807) is 19.1 Å². The van der Waals surface area contributed by atoms with Crippen LogP contribution < -0.4 is 5.73 Å². The molecule has 0 aliphatic carbocycles. The van der Waals surface area contributed by atoms with E-state index in [1.165, 1.54) is 23.5 Å². The van der Waals surface area contributed by atoms with E-state index in [-0.39, 0.29) is 0 Å². The second-order valence-corrected chi connectivity index (χ2v) is 5.68. The molecule has 0 saturated carbocycles. The Hall–Kier alpha value is -0.970. The van der Waals surface area contributed by atoms with Gasteiger partial charge in [0.15, 0.2) is 0 Å². The second-order valence-electron chi connectivity index (χ2n) is 3.96. The summed E-state index contributed by atoms with van der Waals surface area (Å²) in [4.78, 5) is 0.757. The van der Waals surface area contributed by atoms with Gasteiger partial charge in [-0.2, -0.15) is 0 Å². The Bertz CT molecular complexity index is 531. The molecule has 1 nitrogen and oxygen atoms in total. The summed E-state index contributed by atoms with van der Waals surface area (Å²) in [5, 5.41) is 0. The zero-order chi connectivity index (χ0) is 12.6. The van der Waals surface area contributed by atoms with Crippen LogP contribution in [0.4, 0.5) is 8.78 Å². The summed E-state index contributed by atoms with van der Waals surface area (Å²) in [7, 11) is 0. The van der Waals surface area contributed by atoms with Crippen LogP contribution in [0.25, 0.3) is 0 Å². The maximum Gasteiger partial charge on any atom is 0.126 e. The van der Waals surface area contributed by atoms with Crippen LogP contribution in [0.2, 0.25) is 4.34 Å². The van der Waals surface area contributed by atoms with Crippen LogP contribution >= 0.6 is 22.9 Å². The molecule has 1 heterocycles. The highest BCUT2D eigenvalue weighted by molar-refractivity contribution is 7.16. The van der Waals surface area contributed by atoms with Gasteiger partial charge >= 0.3 is 0 Å². The summed E-state index contributed by atoms with van der Waals surface area (Å²) < 4.78 is 26.9. The van der Waals surface area contributed by atoms with Crippen LogP contribution in [0.15, 0.2) is 30.3 Å². The molecule has 17 heavy (non-hydrogen) atoms. The lowest BCUT2D eigenvalue weighted by Crippen LogP contribution is -2.33. The smallest absolute Gasteiger partial charge is 0.126 e. The minimum absolute atomic E-state index is 0.383. The fourth-order valence-corrected chi connectivity index (χ4v) is 2.71. The summed E-state index contributed by atoms with van der Waals surface area (Å²) in [5.41, 5.74) is 5.55. The van der Waals surface area contributed by atoms with Gasteiger partial charge in [0.05, 0.1) is 9.88 Å². The Morgan fingerprint density at radius 1 is 1.18 bits per heavy atom. The van der Waals surface area contributed by atoms with E-state index in [0.717, 1.165) is 10.9 Å². The summed E-state index contributed by atoms with van der Waals surface area (Å²) in [5.74, 6) is -1.28. The number of thiophene rings is 1. The molecule has 2 aromatic rings. The van der Waals surface area contributed by atoms with Crippen molar-refractivity contribution in [2.75, 3.05) is 0 Å². The van der Waals surface area contributed by atoms with Gasteiger partial charge in [0.1, 0.15) is 11.6 Å². The molecule has 0 bridgehead atoms. The average Bonchev–Trinajstić information content (AvgIpc) is 2.64. The van der Waals surface area contributed by atoms with Gasteiger partial charge in [-0.15, -0.1) is 11.3 Å². The van der Waals surface area contributed by atoms with Crippen molar-refractivity contribution < 1.29 is 8.78 Å². The number of benzene rings is 1. The maximum absolute atomic E-state index is 13.2. The van der Waals surface area contributed by atoms with Crippen LogP contribution in [0.5, 0.6) is 0 Å². The van der Waals surface area contributed by atoms with E-state index < -0.39 is 17.2 Å². The molecule has 0 saturated heterocycles. The van der Waals surface area contributed by atoms with Crippen molar-refractivity contribution in [3.8, 4) is 0 Å². The van der Waals surface area contributed by atoms with Crippen LogP contribution in [0.1, 0.15) is 17.4 Å². The van der Waals surface area contributed by atoms with E-state index in [9.17, 15) is 8.78 Å². The molecule has 0 aliphatic rings. The highest BCUT2D eigenvalue weighted by Gasteiger charge is 2.26. The Kier molecular flexibility index (Phi) is 3.21. The fourth-order valence-electron chi connectivity index (χ4n) is 1.59. The predicted molar refractivity (Wildman–Crippen MR) is 66.3 cm³/mol. The van der Waals surface area contributed by atoms with Crippen LogP contribution in [0, 0.1) is 11.6 Å². The molecule has 0 fully saturated rings. The van der Waals surface area contributed by atoms with E-state index in [2.05, 4.69) is 0 Å². The number of hydrogen-bond acceptors (Lipinski definition) is 2. The minimum Gasteiger partial charge on any atom is -0.317 e. The summed E-state index contributed by atoms with van der Waals surface area (Å²) >= 11 is 7.13. The highest BCUT2D eigenvalue weighted by atomic mass is 35.5. The lowest BCUT2D eigenvalue weighted by atomic mass is 9.91. The van der Waals surface area contributed by atoms with E-state index in [4.69, 9.17) is 17.3 Å². The Morgan fingerprint density at radius 3 is 2.24 bits per heavy atom. The first kappa shape index (κ1) is 12.5. The van der Waals surface area contributed by atoms with Crippen molar-refractivity contribution in [3.63, 3.8) is 0 Å². The highest BCUT2D eigenvalue weighted by Crippen LogP contribution is 2.34. The molecule has 2 N–H and O–H groups in total. The summed E-state index contributed by atoms with van der Waals surface area (Å²) in [6.45, 7) is 1.70. The first-order chi connectivity index (χ1) is 7.89. The zero-order valence-electron chi connectivity index (χ0n) is 9.01. The van der Waals surface area contributed by atoms with Gasteiger partial charge in [0.25, 0.3) is 0 Å². The van der Waals surface area contributed by atoms with E-state index in [0.29, 0.717) is 9.90 Å². The third-order valence-electron chi connectivity index (χ3n) is 2.55. The molecule has 0 amide bonds. The van der Waals surface area contributed by atoms with Crippen molar-refractivity contribution in [3.05, 3.63) is 56.7 Å². The summed E-state index contributed by atoms with van der Waals surface area (Å²) in [6, 6.07) is 6.76.